The number of amides is 1. The van der Waals surface area contributed by atoms with E-state index in [0.717, 1.165) is 18.2 Å². The van der Waals surface area contributed by atoms with E-state index in [1.807, 2.05) is 0 Å². The number of hydrogen-bond acceptors (Lipinski definition) is 3. The fourth-order valence-corrected chi connectivity index (χ4v) is 1.37. The number of carbonyl (C=O) groups is 1. The van der Waals surface area contributed by atoms with Crippen molar-refractivity contribution < 1.29 is 27.1 Å². The van der Waals surface area contributed by atoms with Crippen LogP contribution >= 0.6 is 0 Å². The molecule has 0 spiro atoms. The van der Waals surface area contributed by atoms with E-state index < -0.39 is 36.5 Å². The van der Waals surface area contributed by atoms with E-state index in [4.69, 9.17) is 5.73 Å². The minimum atomic E-state index is -4.53. The molecule has 3 N–H and O–H groups in total. The van der Waals surface area contributed by atoms with Crippen LogP contribution in [0.15, 0.2) is 18.2 Å². The monoisotopic (exact) mass is 308 g/mol. The van der Waals surface area contributed by atoms with Gasteiger partial charge in [-0.15, -0.1) is 0 Å². The van der Waals surface area contributed by atoms with Crippen molar-refractivity contribution >= 4 is 11.6 Å². The lowest BCUT2D eigenvalue weighted by molar-refractivity contribution is -0.153. The normalized spacial score (nSPS) is 14.4. The van der Waals surface area contributed by atoms with Gasteiger partial charge in [0.1, 0.15) is 11.6 Å². The molecule has 1 rings (SSSR count). The number of ether oxygens (including phenoxy) is 1. The van der Waals surface area contributed by atoms with Gasteiger partial charge >= 0.3 is 6.18 Å². The Labute approximate surface area is 119 Å². The first-order valence-electron chi connectivity index (χ1n) is 6.15. The first-order valence-corrected chi connectivity index (χ1v) is 6.15. The molecule has 1 aromatic carbocycles. The summed E-state index contributed by atoms with van der Waals surface area (Å²) in [5.74, 6) is -2.10. The number of halogens is 4. The quantitative estimate of drug-likeness (QED) is 0.822. The Hall–Kier alpha value is -1.83. The van der Waals surface area contributed by atoms with Crippen molar-refractivity contribution in [3.05, 3.63) is 24.0 Å². The van der Waals surface area contributed by atoms with Gasteiger partial charge in [-0.3, -0.25) is 4.79 Å². The summed E-state index contributed by atoms with van der Waals surface area (Å²) in [6, 6.07) is 2.39. The molecule has 0 heterocycles. The first-order chi connectivity index (χ1) is 9.60. The van der Waals surface area contributed by atoms with Crippen LogP contribution in [0.1, 0.15) is 13.8 Å². The molecule has 4 nitrogen and oxygen atoms in total. The van der Waals surface area contributed by atoms with Crippen LogP contribution < -0.4 is 15.8 Å². The average Bonchev–Trinajstić information content (AvgIpc) is 2.35. The molecule has 1 amide bonds. The fraction of sp³-hybridized carbons (Fsp3) is 0.462. The van der Waals surface area contributed by atoms with E-state index in [9.17, 15) is 22.4 Å². The maximum absolute atomic E-state index is 13.2. The lowest BCUT2D eigenvalue weighted by atomic mass is 10.0. The first kappa shape index (κ1) is 17.2. The molecule has 21 heavy (non-hydrogen) atoms. The summed E-state index contributed by atoms with van der Waals surface area (Å²) in [5, 5.41) is 2.32. The maximum atomic E-state index is 13.2. The van der Waals surface area contributed by atoms with Crippen LogP contribution in [0, 0.1) is 11.7 Å². The highest BCUT2D eigenvalue weighted by Crippen LogP contribution is 2.28. The van der Waals surface area contributed by atoms with E-state index in [0.29, 0.717) is 0 Å². The van der Waals surface area contributed by atoms with Crippen LogP contribution in [0.25, 0.3) is 0 Å². The van der Waals surface area contributed by atoms with E-state index in [2.05, 4.69) is 10.1 Å². The minimum Gasteiger partial charge on any atom is -0.482 e. The number of anilines is 1. The number of nitrogens with one attached hydrogen (secondary N) is 1. The molecular weight excluding hydrogens is 292 g/mol. The van der Waals surface area contributed by atoms with Gasteiger partial charge in [0.2, 0.25) is 5.91 Å². The van der Waals surface area contributed by atoms with Crippen molar-refractivity contribution in [2.75, 3.05) is 11.9 Å². The Balaban J connectivity index is 2.89. The summed E-state index contributed by atoms with van der Waals surface area (Å²) < 4.78 is 54.2. The van der Waals surface area contributed by atoms with Crippen molar-refractivity contribution in [1.82, 2.24) is 0 Å². The Morgan fingerprint density at radius 3 is 2.52 bits per heavy atom. The summed E-state index contributed by atoms with van der Waals surface area (Å²) >= 11 is 0. The average molecular weight is 308 g/mol. The lowest BCUT2D eigenvalue weighted by Gasteiger charge is -2.18. The van der Waals surface area contributed by atoms with E-state index in [-0.39, 0.29) is 11.4 Å². The Morgan fingerprint density at radius 2 is 2.00 bits per heavy atom. The van der Waals surface area contributed by atoms with Gasteiger partial charge in [-0.2, -0.15) is 13.2 Å². The van der Waals surface area contributed by atoms with Gasteiger partial charge in [0.05, 0.1) is 11.6 Å². The van der Waals surface area contributed by atoms with Crippen LogP contribution in [0.2, 0.25) is 0 Å². The van der Waals surface area contributed by atoms with Gasteiger partial charge in [0.15, 0.2) is 6.61 Å². The highest BCUT2D eigenvalue weighted by Gasteiger charge is 2.29. The van der Waals surface area contributed by atoms with Crippen molar-refractivity contribution in [2.45, 2.75) is 26.1 Å². The predicted octanol–water partition coefficient (Wildman–Crippen LogP) is 2.69. The molecule has 0 aliphatic heterocycles. The van der Waals surface area contributed by atoms with Crippen LogP contribution in [0.4, 0.5) is 23.2 Å². The van der Waals surface area contributed by atoms with E-state index in [1.54, 1.807) is 13.8 Å². The minimum absolute atomic E-state index is 0.170. The Kier molecular flexibility index (Phi) is 5.54. The molecule has 0 bridgehead atoms. The highest BCUT2D eigenvalue weighted by atomic mass is 19.4. The second-order valence-corrected chi connectivity index (χ2v) is 4.68. The Morgan fingerprint density at radius 1 is 1.38 bits per heavy atom. The Bertz CT molecular complexity index is 503. The number of benzene rings is 1. The predicted molar refractivity (Wildman–Crippen MR) is 69.4 cm³/mol. The van der Waals surface area contributed by atoms with Crippen molar-refractivity contribution in [3.63, 3.8) is 0 Å². The van der Waals surface area contributed by atoms with Gasteiger partial charge < -0.3 is 15.8 Å². The van der Waals surface area contributed by atoms with E-state index >= 15 is 0 Å². The standard InChI is InChI=1S/C13H16F4N2O2/c1-7(8(2)18)12(20)19-10-5-9(14)3-4-11(10)21-6-13(15,16)17/h3-5,7-8H,6,18H2,1-2H3,(H,19,20). The molecule has 8 heteroatoms. The van der Waals surface area contributed by atoms with Crippen LogP contribution in [0.3, 0.4) is 0 Å². The largest absolute Gasteiger partial charge is 0.482 e. The summed E-state index contributed by atoms with van der Waals surface area (Å²) in [4.78, 5) is 11.8. The van der Waals surface area contributed by atoms with Crippen LogP contribution in [0.5, 0.6) is 5.75 Å². The van der Waals surface area contributed by atoms with Gasteiger partial charge in [0, 0.05) is 12.1 Å². The smallest absolute Gasteiger partial charge is 0.422 e. The number of hydrogen-bond donors (Lipinski definition) is 2. The summed E-state index contributed by atoms with van der Waals surface area (Å²) in [6.07, 6.45) is -4.53. The molecule has 0 radical (unpaired) electrons. The van der Waals surface area contributed by atoms with Crippen molar-refractivity contribution in [1.29, 1.82) is 0 Å². The molecule has 0 aliphatic rings. The highest BCUT2D eigenvalue weighted by molar-refractivity contribution is 5.94. The topological polar surface area (TPSA) is 64.4 Å². The zero-order chi connectivity index (χ0) is 16.2. The molecule has 1 aromatic rings. The van der Waals surface area contributed by atoms with Gasteiger partial charge in [0.25, 0.3) is 0 Å². The molecule has 0 fully saturated rings. The van der Waals surface area contributed by atoms with Crippen LogP contribution in [-0.4, -0.2) is 24.7 Å². The molecule has 0 saturated carbocycles. The summed E-state index contributed by atoms with van der Waals surface area (Å²) in [6.45, 7) is 1.62. The third kappa shape index (κ3) is 5.58. The summed E-state index contributed by atoms with van der Waals surface area (Å²) in [7, 11) is 0. The number of rotatable bonds is 5. The van der Waals surface area contributed by atoms with Crippen molar-refractivity contribution in [2.24, 2.45) is 11.7 Å². The second kappa shape index (κ2) is 6.75. The third-order valence-electron chi connectivity index (χ3n) is 2.79. The zero-order valence-electron chi connectivity index (χ0n) is 11.5. The molecule has 0 aromatic heterocycles. The van der Waals surface area contributed by atoms with Crippen LogP contribution in [-0.2, 0) is 4.79 Å². The maximum Gasteiger partial charge on any atom is 0.422 e. The zero-order valence-corrected chi connectivity index (χ0v) is 11.5. The SMILES string of the molecule is CC(N)C(C)C(=O)Nc1cc(F)ccc1OCC(F)(F)F. The number of nitrogens with two attached hydrogens (primary N) is 1. The fourth-order valence-electron chi connectivity index (χ4n) is 1.37. The van der Waals surface area contributed by atoms with Gasteiger partial charge in [-0.25, -0.2) is 4.39 Å². The molecule has 0 saturated heterocycles. The van der Waals surface area contributed by atoms with Gasteiger partial charge in [-0.1, -0.05) is 6.92 Å². The van der Waals surface area contributed by atoms with Crippen molar-refractivity contribution in [3.8, 4) is 5.75 Å². The lowest BCUT2D eigenvalue weighted by Crippen LogP contribution is -2.34. The second-order valence-electron chi connectivity index (χ2n) is 4.68. The molecule has 118 valence electrons. The third-order valence-corrected chi connectivity index (χ3v) is 2.79. The molecule has 2 unspecified atom stereocenters. The van der Waals surface area contributed by atoms with E-state index in [1.165, 1.54) is 0 Å². The number of alkyl halides is 3. The molecular formula is C13H16F4N2O2. The number of carbonyl (C=O) groups excluding carboxylic acids is 1. The molecule has 2 atom stereocenters. The van der Waals surface area contributed by atoms with Gasteiger partial charge in [-0.05, 0) is 19.1 Å². The summed E-state index contributed by atoms with van der Waals surface area (Å²) in [5.41, 5.74) is 5.39. The molecule has 0 aliphatic carbocycles.